The molecule has 2 heterocycles. The first kappa shape index (κ1) is 23.6. The second-order valence-electron chi connectivity index (χ2n) is 12.3. The number of benzene rings is 2. The Kier molecular flexibility index (Phi) is 5.95. The summed E-state index contributed by atoms with van der Waals surface area (Å²) in [4.78, 5) is 20.1. The molecule has 0 aromatic heterocycles. The lowest BCUT2D eigenvalue weighted by molar-refractivity contribution is -0.113. The van der Waals surface area contributed by atoms with E-state index in [0.29, 0.717) is 10.7 Å². The Morgan fingerprint density at radius 3 is 2.27 bits per heavy atom. The zero-order valence-electron chi connectivity index (χ0n) is 21.5. The van der Waals surface area contributed by atoms with E-state index in [2.05, 4.69) is 40.2 Å². The molecule has 2 aliphatic heterocycles. The van der Waals surface area contributed by atoms with Gasteiger partial charge in [0.15, 0.2) is 5.17 Å². The maximum atomic E-state index is 12.7. The van der Waals surface area contributed by atoms with E-state index in [1.54, 1.807) is 0 Å². The number of carbonyl (C=O) groups excluding carboxylic acids is 1. The van der Waals surface area contributed by atoms with Crippen LogP contribution < -0.4 is 0 Å². The van der Waals surface area contributed by atoms with Crippen LogP contribution in [-0.4, -0.2) is 34.2 Å². The van der Waals surface area contributed by atoms with Gasteiger partial charge in [-0.1, -0.05) is 37.1 Å². The van der Waals surface area contributed by atoms with Crippen molar-refractivity contribution in [1.29, 1.82) is 0 Å². The summed E-state index contributed by atoms with van der Waals surface area (Å²) in [7, 11) is 0. The molecule has 6 aliphatic rings. The molecule has 0 radical (unpaired) electrons. The maximum Gasteiger partial charge on any atom is 0.286 e. The number of amides is 1. The summed E-state index contributed by atoms with van der Waals surface area (Å²) < 4.78 is 0. The Balaban J connectivity index is 1.15. The van der Waals surface area contributed by atoms with Gasteiger partial charge in [-0.3, -0.25) is 4.79 Å². The highest BCUT2D eigenvalue weighted by molar-refractivity contribution is 8.18. The quantitative estimate of drug-likeness (QED) is 0.436. The Morgan fingerprint density at radius 1 is 0.892 bits per heavy atom. The SMILES string of the molecule is O=C1N=C(N2CCCCCC2)S/C1=C\c1cccc(-c2ccc(O)c(C34CC5CC(CC(C5)C3)C4)c2)c1. The largest absolute Gasteiger partial charge is 0.508 e. The first-order chi connectivity index (χ1) is 18.0. The second kappa shape index (κ2) is 9.34. The van der Waals surface area contributed by atoms with E-state index in [9.17, 15) is 9.90 Å². The van der Waals surface area contributed by atoms with Crippen LogP contribution in [0, 0.1) is 17.8 Å². The van der Waals surface area contributed by atoms with Gasteiger partial charge in [0.25, 0.3) is 5.91 Å². The molecule has 0 unspecified atom stereocenters. The monoisotopic (exact) mass is 512 g/mol. The Labute approximate surface area is 224 Å². The number of likely N-dealkylation sites (tertiary alicyclic amines) is 1. The van der Waals surface area contributed by atoms with Gasteiger partial charge in [0.05, 0.1) is 4.91 Å². The minimum Gasteiger partial charge on any atom is -0.508 e. The van der Waals surface area contributed by atoms with Crippen molar-refractivity contribution < 1.29 is 9.90 Å². The molecule has 4 aliphatic carbocycles. The van der Waals surface area contributed by atoms with Gasteiger partial charge < -0.3 is 10.0 Å². The third kappa shape index (κ3) is 4.43. The summed E-state index contributed by atoms with van der Waals surface area (Å²) in [6.07, 6.45) is 14.8. The lowest BCUT2D eigenvalue weighted by Gasteiger charge is -2.57. The summed E-state index contributed by atoms with van der Waals surface area (Å²) in [5, 5.41) is 11.9. The van der Waals surface area contributed by atoms with Gasteiger partial charge in [0, 0.05) is 18.7 Å². The minimum absolute atomic E-state index is 0.122. The van der Waals surface area contributed by atoms with Crippen molar-refractivity contribution in [3.05, 3.63) is 58.5 Å². The molecule has 5 heteroatoms. The molecule has 5 fully saturated rings. The summed E-state index contributed by atoms with van der Waals surface area (Å²) in [5.41, 5.74) is 4.62. The number of phenolic OH excluding ortho intramolecular Hbond substituents is 1. The Hall–Kier alpha value is -2.53. The molecule has 1 N–H and O–H groups in total. The van der Waals surface area contributed by atoms with Crippen LogP contribution in [0.25, 0.3) is 17.2 Å². The Morgan fingerprint density at radius 2 is 1.57 bits per heavy atom. The van der Waals surface area contributed by atoms with Crippen molar-refractivity contribution in [2.24, 2.45) is 22.7 Å². The number of aliphatic imine (C=N–C) groups is 1. The molecule has 4 saturated carbocycles. The summed E-state index contributed by atoms with van der Waals surface area (Å²) in [6.45, 7) is 1.99. The van der Waals surface area contributed by atoms with E-state index in [1.807, 2.05) is 18.2 Å². The highest BCUT2D eigenvalue weighted by Crippen LogP contribution is 2.62. The van der Waals surface area contributed by atoms with Gasteiger partial charge in [-0.25, -0.2) is 0 Å². The molecule has 8 rings (SSSR count). The number of hydrogen-bond donors (Lipinski definition) is 1. The van der Waals surface area contributed by atoms with Gasteiger partial charge in [-0.05, 0) is 127 Å². The normalized spacial score (nSPS) is 32.2. The van der Waals surface area contributed by atoms with Crippen LogP contribution in [0.2, 0.25) is 0 Å². The number of hydrogen-bond acceptors (Lipinski definition) is 4. The number of aromatic hydroxyl groups is 1. The van der Waals surface area contributed by atoms with E-state index in [-0.39, 0.29) is 11.3 Å². The zero-order valence-corrected chi connectivity index (χ0v) is 22.3. The fourth-order valence-electron chi connectivity index (χ4n) is 8.34. The molecule has 0 spiro atoms. The Bertz CT molecular complexity index is 1250. The average molecular weight is 513 g/mol. The lowest BCUT2D eigenvalue weighted by atomic mass is 9.48. The van der Waals surface area contributed by atoms with E-state index < -0.39 is 0 Å². The first-order valence-corrected chi connectivity index (χ1v) is 15.1. The van der Waals surface area contributed by atoms with E-state index in [0.717, 1.165) is 52.7 Å². The first-order valence-electron chi connectivity index (χ1n) is 14.3. The van der Waals surface area contributed by atoms with Crippen LogP contribution >= 0.6 is 11.8 Å². The van der Waals surface area contributed by atoms with Gasteiger partial charge in [0.1, 0.15) is 5.75 Å². The molecule has 4 nitrogen and oxygen atoms in total. The summed E-state index contributed by atoms with van der Waals surface area (Å²) in [6, 6.07) is 14.7. The topological polar surface area (TPSA) is 52.9 Å². The van der Waals surface area contributed by atoms with Crippen LogP contribution in [0.3, 0.4) is 0 Å². The molecule has 2 aromatic carbocycles. The number of rotatable bonds is 3. The van der Waals surface area contributed by atoms with Crippen molar-refractivity contribution in [3.8, 4) is 16.9 Å². The van der Waals surface area contributed by atoms with Gasteiger partial charge in [-0.2, -0.15) is 4.99 Å². The highest BCUT2D eigenvalue weighted by atomic mass is 32.2. The number of thioether (sulfide) groups is 1. The molecule has 1 saturated heterocycles. The fraction of sp³-hybridized carbons (Fsp3) is 0.500. The average Bonchev–Trinajstić information content (AvgIpc) is 3.06. The van der Waals surface area contributed by atoms with Crippen LogP contribution in [0.1, 0.15) is 75.3 Å². The molecular formula is C32H36N2O2S. The van der Waals surface area contributed by atoms with Crippen LogP contribution in [0.4, 0.5) is 0 Å². The summed E-state index contributed by atoms with van der Waals surface area (Å²) in [5.74, 6) is 2.87. The molecular weight excluding hydrogens is 476 g/mol. The molecule has 192 valence electrons. The van der Waals surface area contributed by atoms with Crippen molar-refractivity contribution in [1.82, 2.24) is 4.90 Å². The predicted molar refractivity (Wildman–Crippen MR) is 151 cm³/mol. The van der Waals surface area contributed by atoms with Crippen LogP contribution in [0.5, 0.6) is 5.75 Å². The van der Waals surface area contributed by atoms with Crippen LogP contribution in [0.15, 0.2) is 52.4 Å². The predicted octanol–water partition coefficient (Wildman–Crippen LogP) is 7.37. The van der Waals surface area contributed by atoms with Gasteiger partial charge >= 0.3 is 0 Å². The van der Waals surface area contributed by atoms with Crippen molar-refractivity contribution >= 4 is 28.9 Å². The standard InChI is InChI=1S/C32H36N2O2S/c35-28-9-8-26(17-27(28)32-18-22-12-23(19-32)14-24(13-22)20-32)25-7-5-6-21(15-25)16-29-30(36)33-31(37-29)34-10-3-1-2-4-11-34/h5-9,15-17,22-24,35H,1-4,10-14,18-20H2/b29-16-. The number of nitrogens with zero attached hydrogens (tertiary/aromatic N) is 2. The van der Waals surface area contributed by atoms with E-state index in [1.165, 1.54) is 81.5 Å². The molecule has 37 heavy (non-hydrogen) atoms. The number of carbonyl (C=O) groups is 1. The minimum atomic E-state index is -0.122. The summed E-state index contributed by atoms with van der Waals surface area (Å²) >= 11 is 1.52. The molecule has 2 aromatic rings. The molecule has 0 atom stereocenters. The zero-order chi connectivity index (χ0) is 25.0. The third-order valence-electron chi connectivity index (χ3n) is 9.61. The fourth-order valence-corrected chi connectivity index (χ4v) is 9.30. The van der Waals surface area contributed by atoms with E-state index >= 15 is 0 Å². The van der Waals surface area contributed by atoms with Gasteiger partial charge in [-0.15, -0.1) is 0 Å². The molecule has 1 amide bonds. The maximum absolute atomic E-state index is 12.7. The van der Waals surface area contributed by atoms with E-state index in [4.69, 9.17) is 0 Å². The number of amidine groups is 1. The van der Waals surface area contributed by atoms with Crippen molar-refractivity contribution in [2.75, 3.05) is 13.1 Å². The lowest BCUT2D eigenvalue weighted by Crippen LogP contribution is -2.48. The molecule has 4 bridgehead atoms. The van der Waals surface area contributed by atoms with Gasteiger partial charge in [0.2, 0.25) is 0 Å². The smallest absolute Gasteiger partial charge is 0.286 e. The van der Waals surface area contributed by atoms with Crippen molar-refractivity contribution in [3.63, 3.8) is 0 Å². The second-order valence-corrected chi connectivity index (χ2v) is 13.3. The third-order valence-corrected chi connectivity index (χ3v) is 10.7. The highest BCUT2D eigenvalue weighted by Gasteiger charge is 2.52. The van der Waals surface area contributed by atoms with Crippen molar-refractivity contribution in [2.45, 2.75) is 69.6 Å². The number of phenols is 1. The van der Waals surface area contributed by atoms with Crippen LogP contribution in [-0.2, 0) is 10.2 Å².